The molecule has 0 radical (unpaired) electrons. The van der Waals surface area contributed by atoms with E-state index in [0.29, 0.717) is 23.6 Å². The Kier molecular flexibility index (Phi) is 5.50. The Morgan fingerprint density at radius 3 is 2.53 bits per heavy atom. The highest BCUT2D eigenvalue weighted by atomic mass is 35.5. The number of urea groups is 1. The minimum atomic E-state index is -0.667. The number of rotatable bonds is 4. The minimum Gasteiger partial charge on any atom is -0.508 e. The molecule has 4 amide bonds. The number of hydrogen-bond acceptors (Lipinski definition) is 4. The van der Waals surface area contributed by atoms with E-state index in [9.17, 15) is 19.5 Å². The van der Waals surface area contributed by atoms with Gasteiger partial charge in [0.25, 0.3) is 0 Å². The number of phenols is 1. The lowest BCUT2D eigenvalue weighted by molar-refractivity contribution is -0.147. The van der Waals surface area contributed by atoms with Crippen LogP contribution in [0.3, 0.4) is 0 Å². The molecule has 2 fully saturated rings. The van der Waals surface area contributed by atoms with Crippen molar-refractivity contribution in [3.05, 3.63) is 59.1 Å². The second kappa shape index (κ2) is 8.23. The quantitative estimate of drug-likeness (QED) is 0.595. The maximum atomic E-state index is 12.9. The standard InChI is InChI=1S/C21H21ClN4O4/c22-13-3-5-14(6-4-13)23-21(30)24-15-10-18-19(28)25-17(20(29)26(18)11-15)9-12-1-7-16(27)8-2-12/h1-8,15,17-18,27H,9-11H2,(H,25,28)(H2,23,24,30)/t15-,17-,18-/m0/s1. The molecular formula is C21H21ClN4O4. The van der Waals surface area contributed by atoms with Crippen molar-refractivity contribution >= 4 is 35.1 Å². The van der Waals surface area contributed by atoms with Gasteiger partial charge in [0.15, 0.2) is 0 Å². The summed E-state index contributed by atoms with van der Waals surface area (Å²) in [4.78, 5) is 39.3. The van der Waals surface area contributed by atoms with Gasteiger partial charge in [0.2, 0.25) is 11.8 Å². The highest BCUT2D eigenvalue weighted by Gasteiger charge is 2.46. The van der Waals surface area contributed by atoms with Crippen LogP contribution in [-0.4, -0.2) is 52.5 Å². The molecule has 0 aromatic heterocycles. The van der Waals surface area contributed by atoms with E-state index in [1.807, 2.05) is 0 Å². The van der Waals surface area contributed by atoms with Crippen LogP contribution in [-0.2, 0) is 16.0 Å². The van der Waals surface area contributed by atoms with E-state index >= 15 is 0 Å². The molecule has 2 aliphatic heterocycles. The summed E-state index contributed by atoms with van der Waals surface area (Å²) >= 11 is 5.84. The first-order valence-electron chi connectivity index (χ1n) is 9.61. The van der Waals surface area contributed by atoms with Gasteiger partial charge in [0.05, 0.1) is 6.04 Å². The second-order valence-corrected chi connectivity index (χ2v) is 7.91. The minimum absolute atomic E-state index is 0.142. The Morgan fingerprint density at radius 1 is 1.13 bits per heavy atom. The van der Waals surface area contributed by atoms with Gasteiger partial charge < -0.3 is 26.0 Å². The first-order chi connectivity index (χ1) is 14.4. The fraction of sp³-hybridized carbons (Fsp3) is 0.286. The molecule has 4 N–H and O–H groups in total. The van der Waals surface area contributed by atoms with Crippen LogP contribution in [0.15, 0.2) is 48.5 Å². The molecule has 156 valence electrons. The van der Waals surface area contributed by atoms with Crippen LogP contribution < -0.4 is 16.0 Å². The molecule has 0 unspecified atom stereocenters. The van der Waals surface area contributed by atoms with Gasteiger partial charge in [-0.2, -0.15) is 0 Å². The van der Waals surface area contributed by atoms with Crippen molar-refractivity contribution in [1.29, 1.82) is 0 Å². The number of benzene rings is 2. The van der Waals surface area contributed by atoms with E-state index in [2.05, 4.69) is 16.0 Å². The molecule has 9 heteroatoms. The average molecular weight is 429 g/mol. The summed E-state index contributed by atoms with van der Waals surface area (Å²) in [5, 5.41) is 18.3. The largest absolute Gasteiger partial charge is 0.508 e. The molecule has 2 heterocycles. The van der Waals surface area contributed by atoms with Gasteiger partial charge in [0.1, 0.15) is 17.8 Å². The summed E-state index contributed by atoms with van der Waals surface area (Å²) in [5.41, 5.74) is 1.43. The van der Waals surface area contributed by atoms with Crippen molar-refractivity contribution in [3.8, 4) is 5.75 Å². The summed E-state index contributed by atoms with van der Waals surface area (Å²) in [7, 11) is 0. The molecule has 0 spiro atoms. The first kappa shape index (κ1) is 20.0. The number of phenolic OH excluding ortho intramolecular Hbond substituents is 1. The number of nitrogens with zero attached hydrogens (tertiary/aromatic N) is 1. The van der Waals surface area contributed by atoms with E-state index in [1.165, 1.54) is 4.90 Å². The van der Waals surface area contributed by atoms with Crippen LogP contribution in [0.5, 0.6) is 5.75 Å². The summed E-state index contributed by atoms with van der Waals surface area (Å²) in [5.74, 6) is -0.251. The smallest absolute Gasteiger partial charge is 0.319 e. The number of aromatic hydroxyl groups is 1. The topological polar surface area (TPSA) is 111 Å². The van der Waals surface area contributed by atoms with Gasteiger partial charge in [-0.05, 0) is 48.4 Å². The SMILES string of the molecule is O=C(Nc1ccc(Cl)cc1)N[C@H]1C[C@H]2C(=O)N[C@@H](Cc3ccc(O)cc3)C(=O)N2C1. The molecule has 2 aromatic carbocycles. The van der Waals surface area contributed by atoms with Gasteiger partial charge in [-0.1, -0.05) is 23.7 Å². The van der Waals surface area contributed by atoms with Gasteiger partial charge in [0, 0.05) is 23.7 Å². The van der Waals surface area contributed by atoms with E-state index in [-0.39, 0.29) is 30.2 Å². The Bertz CT molecular complexity index is 964. The molecule has 0 aliphatic carbocycles. The number of nitrogens with one attached hydrogen (secondary N) is 3. The van der Waals surface area contributed by atoms with Crippen molar-refractivity contribution in [2.45, 2.75) is 31.0 Å². The van der Waals surface area contributed by atoms with Gasteiger partial charge in [-0.25, -0.2) is 4.79 Å². The van der Waals surface area contributed by atoms with Crippen LogP contribution in [0.1, 0.15) is 12.0 Å². The predicted molar refractivity (Wildman–Crippen MR) is 111 cm³/mol. The fourth-order valence-electron chi connectivity index (χ4n) is 3.85. The maximum absolute atomic E-state index is 12.9. The number of piperazine rings is 1. The third-order valence-corrected chi connectivity index (χ3v) is 5.57. The van der Waals surface area contributed by atoms with Crippen molar-refractivity contribution in [2.24, 2.45) is 0 Å². The highest BCUT2D eigenvalue weighted by molar-refractivity contribution is 6.30. The third-order valence-electron chi connectivity index (χ3n) is 5.31. The Balaban J connectivity index is 1.36. The molecule has 2 aliphatic rings. The van der Waals surface area contributed by atoms with Crippen molar-refractivity contribution < 1.29 is 19.5 Å². The number of carbonyl (C=O) groups excluding carboxylic acids is 3. The van der Waals surface area contributed by atoms with Crippen LogP contribution in [0.2, 0.25) is 5.02 Å². The third kappa shape index (κ3) is 4.33. The second-order valence-electron chi connectivity index (χ2n) is 7.48. The summed E-state index contributed by atoms with van der Waals surface area (Å²) in [6.45, 7) is 0.275. The zero-order valence-electron chi connectivity index (χ0n) is 16.0. The van der Waals surface area contributed by atoms with Crippen molar-refractivity contribution in [2.75, 3.05) is 11.9 Å². The fourth-order valence-corrected chi connectivity index (χ4v) is 3.98. The van der Waals surface area contributed by atoms with Crippen LogP contribution in [0.4, 0.5) is 10.5 Å². The normalized spacial score (nSPS) is 23.0. The number of anilines is 1. The lowest BCUT2D eigenvalue weighted by Crippen LogP contribution is -2.61. The zero-order valence-corrected chi connectivity index (χ0v) is 16.7. The number of halogens is 1. The molecule has 30 heavy (non-hydrogen) atoms. The number of hydrogen-bond donors (Lipinski definition) is 4. The average Bonchev–Trinajstić information content (AvgIpc) is 3.14. The van der Waals surface area contributed by atoms with E-state index < -0.39 is 18.1 Å². The molecular weight excluding hydrogens is 408 g/mol. The van der Waals surface area contributed by atoms with E-state index in [1.54, 1.807) is 48.5 Å². The maximum Gasteiger partial charge on any atom is 0.319 e. The van der Waals surface area contributed by atoms with Crippen molar-refractivity contribution in [1.82, 2.24) is 15.5 Å². The summed E-state index contributed by atoms with van der Waals surface area (Å²) < 4.78 is 0. The van der Waals surface area contributed by atoms with Crippen LogP contribution in [0.25, 0.3) is 0 Å². The molecule has 0 saturated carbocycles. The Morgan fingerprint density at radius 2 is 1.83 bits per heavy atom. The lowest BCUT2D eigenvalue weighted by atomic mass is 10.0. The Hall–Kier alpha value is -3.26. The van der Waals surface area contributed by atoms with Crippen LogP contribution >= 0.6 is 11.6 Å². The number of fused-ring (bicyclic) bond motifs is 1. The molecule has 2 saturated heterocycles. The highest BCUT2D eigenvalue weighted by Crippen LogP contribution is 2.24. The van der Waals surface area contributed by atoms with Gasteiger partial charge in [-0.15, -0.1) is 0 Å². The molecule has 0 bridgehead atoms. The monoisotopic (exact) mass is 428 g/mol. The zero-order chi connectivity index (χ0) is 21.3. The summed E-state index contributed by atoms with van der Waals surface area (Å²) in [6, 6.07) is 11.2. The molecule has 2 aromatic rings. The Labute approximate surface area is 178 Å². The van der Waals surface area contributed by atoms with Crippen LogP contribution in [0, 0.1) is 0 Å². The molecule has 3 atom stereocenters. The van der Waals surface area contributed by atoms with Crippen molar-refractivity contribution in [3.63, 3.8) is 0 Å². The molecule has 8 nitrogen and oxygen atoms in total. The first-order valence-corrected chi connectivity index (χ1v) is 9.98. The lowest BCUT2D eigenvalue weighted by Gasteiger charge is -2.34. The number of carbonyl (C=O) groups is 3. The van der Waals surface area contributed by atoms with E-state index in [4.69, 9.17) is 11.6 Å². The van der Waals surface area contributed by atoms with Gasteiger partial charge >= 0.3 is 6.03 Å². The molecule has 4 rings (SSSR count). The predicted octanol–water partition coefficient (Wildman–Crippen LogP) is 1.88. The van der Waals surface area contributed by atoms with Gasteiger partial charge in [-0.3, -0.25) is 9.59 Å². The van der Waals surface area contributed by atoms with E-state index in [0.717, 1.165) is 5.56 Å². The number of amides is 4. The summed E-state index contributed by atoms with van der Waals surface area (Å²) in [6.07, 6.45) is 0.695.